The van der Waals surface area contributed by atoms with Gasteiger partial charge in [-0.2, -0.15) is 0 Å². The monoisotopic (exact) mass is 789 g/mol. The van der Waals surface area contributed by atoms with Gasteiger partial charge in [-0.1, -0.05) is 194 Å². The number of hydrogen-bond acceptors (Lipinski definition) is 2. The zero-order chi connectivity index (χ0) is 41.0. The second-order valence-electron chi connectivity index (χ2n) is 16.0. The maximum absolute atomic E-state index is 6.73. The van der Waals surface area contributed by atoms with Gasteiger partial charge < -0.3 is 9.32 Å². The second kappa shape index (κ2) is 14.8. The highest BCUT2D eigenvalue weighted by Crippen LogP contribution is 2.49. The normalized spacial score (nSPS) is 11.5. The van der Waals surface area contributed by atoms with Crippen LogP contribution in [0.15, 0.2) is 241 Å². The Morgan fingerprint density at radius 2 is 0.855 bits per heavy atom. The predicted octanol–water partition coefficient (Wildman–Crippen LogP) is 17.2. The lowest BCUT2D eigenvalue weighted by Crippen LogP contribution is -2.11. The van der Waals surface area contributed by atoms with Gasteiger partial charge in [-0.3, -0.25) is 0 Å². The Labute approximate surface area is 360 Å². The summed E-state index contributed by atoms with van der Waals surface area (Å²) in [5.41, 5.74) is 14.4. The Kier molecular flexibility index (Phi) is 8.53. The van der Waals surface area contributed by atoms with Crippen molar-refractivity contribution in [2.75, 3.05) is 4.90 Å². The molecule has 12 rings (SSSR count). The summed E-state index contributed by atoms with van der Waals surface area (Å²) in [5.74, 6) is 0. The quantitative estimate of drug-likeness (QED) is 0.150. The molecule has 0 saturated carbocycles. The molecule has 12 aromatic rings. The first-order valence-corrected chi connectivity index (χ1v) is 21.3. The van der Waals surface area contributed by atoms with Gasteiger partial charge >= 0.3 is 0 Å². The van der Waals surface area contributed by atoms with E-state index in [1.165, 1.54) is 54.7 Å². The lowest BCUT2D eigenvalue weighted by atomic mass is 9.85. The zero-order valence-electron chi connectivity index (χ0n) is 33.9. The molecule has 0 spiro atoms. The van der Waals surface area contributed by atoms with Crippen LogP contribution >= 0.6 is 0 Å². The molecule has 1 heterocycles. The number of hydrogen-bond donors (Lipinski definition) is 0. The molecule has 0 aliphatic carbocycles. The van der Waals surface area contributed by atoms with E-state index in [9.17, 15) is 0 Å². The SMILES string of the molecule is c1ccc(-c2cccc(N(c3ccc4c(c3)c(-c3ccccc3)c(-c3ccccc3)c3ccccc34)c3ccccc3-c3cccc4oc5c6ccccc6ccc5c34)c2)cc1. The maximum Gasteiger partial charge on any atom is 0.143 e. The Balaban J connectivity index is 1.16. The Morgan fingerprint density at radius 1 is 0.306 bits per heavy atom. The van der Waals surface area contributed by atoms with Crippen molar-refractivity contribution in [2.45, 2.75) is 0 Å². The molecule has 0 bridgehead atoms. The van der Waals surface area contributed by atoms with Gasteiger partial charge in [0.15, 0.2) is 0 Å². The third-order valence-electron chi connectivity index (χ3n) is 12.4. The highest BCUT2D eigenvalue weighted by Gasteiger charge is 2.24. The summed E-state index contributed by atoms with van der Waals surface area (Å²) in [5, 5.41) is 9.40. The van der Waals surface area contributed by atoms with E-state index < -0.39 is 0 Å². The van der Waals surface area contributed by atoms with Crippen molar-refractivity contribution in [3.8, 4) is 44.5 Å². The van der Waals surface area contributed by atoms with Crippen molar-refractivity contribution in [1.29, 1.82) is 0 Å². The van der Waals surface area contributed by atoms with E-state index in [1.807, 2.05) is 0 Å². The van der Waals surface area contributed by atoms with Crippen LogP contribution in [-0.2, 0) is 0 Å². The van der Waals surface area contributed by atoms with Crippen LogP contribution < -0.4 is 4.90 Å². The lowest BCUT2D eigenvalue weighted by Gasteiger charge is -2.29. The van der Waals surface area contributed by atoms with Crippen molar-refractivity contribution in [1.82, 2.24) is 0 Å². The van der Waals surface area contributed by atoms with E-state index in [1.54, 1.807) is 0 Å². The van der Waals surface area contributed by atoms with Crippen LogP contribution in [0.5, 0.6) is 0 Å². The van der Waals surface area contributed by atoms with Gasteiger partial charge in [-0.15, -0.1) is 0 Å². The Morgan fingerprint density at radius 3 is 1.63 bits per heavy atom. The van der Waals surface area contributed by atoms with Crippen molar-refractivity contribution in [3.05, 3.63) is 237 Å². The molecule has 0 fully saturated rings. The van der Waals surface area contributed by atoms with Crippen molar-refractivity contribution >= 4 is 71.3 Å². The maximum atomic E-state index is 6.73. The number of para-hydroxylation sites is 1. The average molecular weight is 790 g/mol. The molecule has 11 aromatic carbocycles. The summed E-state index contributed by atoms with van der Waals surface area (Å²) in [6, 6.07) is 85.5. The number of rotatable bonds is 7. The summed E-state index contributed by atoms with van der Waals surface area (Å²) >= 11 is 0. The van der Waals surface area contributed by atoms with Crippen molar-refractivity contribution in [2.24, 2.45) is 0 Å². The van der Waals surface area contributed by atoms with E-state index in [-0.39, 0.29) is 0 Å². The Hall–Kier alpha value is -8.20. The molecule has 2 nitrogen and oxygen atoms in total. The van der Waals surface area contributed by atoms with Crippen LogP contribution in [0, 0.1) is 0 Å². The third-order valence-corrected chi connectivity index (χ3v) is 12.4. The minimum Gasteiger partial charge on any atom is -0.455 e. The molecule has 0 aliphatic rings. The van der Waals surface area contributed by atoms with Crippen LogP contribution in [0.4, 0.5) is 17.1 Å². The van der Waals surface area contributed by atoms with E-state index in [4.69, 9.17) is 4.42 Å². The lowest BCUT2D eigenvalue weighted by molar-refractivity contribution is 0.673. The number of benzene rings is 11. The first kappa shape index (κ1) is 35.7. The predicted molar refractivity (Wildman–Crippen MR) is 263 cm³/mol. The molecule has 2 heteroatoms. The molecule has 0 atom stereocenters. The van der Waals surface area contributed by atoms with Gasteiger partial charge in [0.05, 0.1) is 5.69 Å². The summed E-state index contributed by atoms with van der Waals surface area (Å²) in [6.45, 7) is 0. The fourth-order valence-electron chi connectivity index (χ4n) is 9.68. The molecule has 62 heavy (non-hydrogen) atoms. The molecule has 0 radical (unpaired) electrons. The fourth-order valence-corrected chi connectivity index (χ4v) is 9.68. The average Bonchev–Trinajstić information content (AvgIpc) is 3.75. The van der Waals surface area contributed by atoms with Crippen LogP contribution in [-0.4, -0.2) is 0 Å². The number of nitrogens with zero attached hydrogens (tertiary/aromatic N) is 1. The van der Waals surface area contributed by atoms with Gasteiger partial charge in [-0.25, -0.2) is 0 Å². The number of anilines is 3. The van der Waals surface area contributed by atoms with Crippen LogP contribution in [0.2, 0.25) is 0 Å². The topological polar surface area (TPSA) is 16.4 Å². The highest BCUT2D eigenvalue weighted by atomic mass is 16.3. The van der Waals surface area contributed by atoms with Crippen molar-refractivity contribution in [3.63, 3.8) is 0 Å². The summed E-state index contributed by atoms with van der Waals surface area (Å²) < 4.78 is 6.73. The molecule has 0 aliphatic heterocycles. The van der Waals surface area contributed by atoms with Gasteiger partial charge in [0.1, 0.15) is 11.2 Å². The van der Waals surface area contributed by atoms with E-state index >= 15 is 0 Å². The Bertz CT molecular complexity index is 3630. The molecule has 290 valence electrons. The molecule has 0 amide bonds. The van der Waals surface area contributed by atoms with E-state index in [0.717, 1.165) is 61.1 Å². The van der Waals surface area contributed by atoms with Crippen LogP contribution in [0.3, 0.4) is 0 Å². The summed E-state index contributed by atoms with van der Waals surface area (Å²) in [6.07, 6.45) is 0. The fraction of sp³-hybridized carbons (Fsp3) is 0. The van der Waals surface area contributed by atoms with Gasteiger partial charge in [0.2, 0.25) is 0 Å². The largest absolute Gasteiger partial charge is 0.455 e. The standard InChI is InChI=1S/C60H39NO/c1-4-18-40(19-5-1)44-25-16-26-45(38-44)61(55-32-15-14-29-50(55)52-31-17-33-56-59(52)53-36-34-41-20-10-11-27-47(41)60(53)62-56)46-35-37-49-48-28-12-13-30-51(48)57(42-21-6-2-7-22-42)58(54(49)39-46)43-23-8-3-9-24-43/h1-39H. The molecule has 0 saturated heterocycles. The number of fused-ring (bicyclic) bond motifs is 8. The molecular weight excluding hydrogens is 751 g/mol. The minimum absolute atomic E-state index is 0.875. The zero-order valence-corrected chi connectivity index (χ0v) is 33.9. The van der Waals surface area contributed by atoms with Crippen molar-refractivity contribution < 1.29 is 4.42 Å². The van der Waals surface area contributed by atoms with Gasteiger partial charge in [-0.05, 0) is 108 Å². The minimum atomic E-state index is 0.875. The smallest absolute Gasteiger partial charge is 0.143 e. The van der Waals surface area contributed by atoms with E-state index in [2.05, 4.69) is 241 Å². The summed E-state index contributed by atoms with van der Waals surface area (Å²) in [7, 11) is 0. The van der Waals surface area contributed by atoms with Crippen LogP contribution in [0.25, 0.3) is 98.8 Å². The highest BCUT2D eigenvalue weighted by molar-refractivity contribution is 6.23. The second-order valence-corrected chi connectivity index (χ2v) is 16.0. The molecule has 0 unspecified atom stereocenters. The first-order valence-electron chi connectivity index (χ1n) is 21.3. The van der Waals surface area contributed by atoms with Crippen LogP contribution in [0.1, 0.15) is 0 Å². The molecular formula is C60H39NO. The third kappa shape index (κ3) is 5.88. The molecule has 1 aromatic heterocycles. The van der Waals surface area contributed by atoms with Gasteiger partial charge in [0, 0.05) is 33.1 Å². The van der Waals surface area contributed by atoms with Gasteiger partial charge in [0.25, 0.3) is 0 Å². The molecule has 0 N–H and O–H groups in total. The number of furan rings is 1. The van der Waals surface area contributed by atoms with E-state index in [0.29, 0.717) is 0 Å². The first-order chi connectivity index (χ1) is 30.8. The summed E-state index contributed by atoms with van der Waals surface area (Å²) in [4.78, 5) is 2.45.